The van der Waals surface area contributed by atoms with Crippen LogP contribution in [-0.2, 0) is 16.9 Å². The normalized spacial score (nSPS) is 11.7. The summed E-state index contributed by atoms with van der Waals surface area (Å²) < 4.78 is 3.26. The molecule has 0 radical (unpaired) electrons. The van der Waals surface area contributed by atoms with E-state index in [2.05, 4.69) is 20.4 Å². The average molecular weight is 354 g/mol. The van der Waals surface area contributed by atoms with Gasteiger partial charge in [-0.1, -0.05) is 0 Å². The van der Waals surface area contributed by atoms with Gasteiger partial charge in [0.1, 0.15) is 11.2 Å². The van der Waals surface area contributed by atoms with Crippen molar-refractivity contribution in [3.63, 3.8) is 0 Å². The minimum Gasteiger partial charge on any atom is -0.326 e. The second-order valence-corrected chi connectivity index (χ2v) is 7.11. The Balaban J connectivity index is 1.82. The average Bonchev–Trinajstić information content (AvgIpc) is 2.99. The number of fused-ring (bicyclic) bond motifs is 1. The van der Waals surface area contributed by atoms with E-state index in [-0.39, 0.29) is 30.0 Å². The van der Waals surface area contributed by atoms with E-state index in [4.69, 9.17) is 0 Å². The molecule has 0 saturated carbocycles. The topological polar surface area (TPSA) is 94.7 Å². The summed E-state index contributed by atoms with van der Waals surface area (Å²) >= 11 is 0. The smallest absolute Gasteiger partial charge is 0.264 e. The van der Waals surface area contributed by atoms with Gasteiger partial charge in [-0.15, -0.1) is 0 Å². The maximum atomic E-state index is 12.8. The van der Waals surface area contributed by atoms with E-state index in [9.17, 15) is 9.59 Å². The number of hydrogen-bond donors (Lipinski definition) is 1. The molecule has 3 rings (SSSR count). The Morgan fingerprint density at radius 2 is 1.92 bits per heavy atom. The van der Waals surface area contributed by atoms with Gasteiger partial charge in [-0.05, 0) is 39.8 Å². The first kappa shape index (κ1) is 17.8. The van der Waals surface area contributed by atoms with Crippen LogP contribution < -0.4 is 10.9 Å². The zero-order valence-electron chi connectivity index (χ0n) is 15.4. The van der Waals surface area contributed by atoms with Crippen LogP contribution in [-0.4, -0.2) is 30.2 Å². The maximum Gasteiger partial charge on any atom is 0.264 e. The van der Waals surface area contributed by atoms with Crippen LogP contribution in [0.2, 0.25) is 0 Å². The standard InChI is InChI=1S/C18H22N6O2/c1-12-21-16-14(11-20-24(16)18(2,3)4)17(26)23(12)10-7-15(25)22-13-5-8-19-9-6-13/h5-6,8-9,11H,7,10H2,1-4H3,(H,19,22,25). The highest BCUT2D eigenvalue weighted by Crippen LogP contribution is 2.18. The van der Waals surface area contributed by atoms with Crippen LogP contribution in [0.5, 0.6) is 0 Å². The number of nitrogens with zero attached hydrogens (tertiary/aromatic N) is 5. The molecular weight excluding hydrogens is 332 g/mol. The molecular formula is C18H22N6O2. The predicted molar refractivity (Wildman–Crippen MR) is 99.0 cm³/mol. The summed E-state index contributed by atoms with van der Waals surface area (Å²) in [7, 11) is 0. The number of anilines is 1. The van der Waals surface area contributed by atoms with Gasteiger partial charge in [0.2, 0.25) is 5.91 Å². The number of carbonyl (C=O) groups excluding carboxylic acids is 1. The zero-order chi connectivity index (χ0) is 18.9. The first-order chi connectivity index (χ1) is 12.3. The number of aryl methyl sites for hydroxylation is 1. The Morgan fingerprint density at radius 1 is 1.23 bits per heavy atom. The lowest BCUT2D eigenvalue weighted by Crippen LogP contribution is -2.28. The molecule has 0 aliphatic rings. The summed E-state index contributed by atoms with van der Waals surface area (Å²) in [5, 5.41) is 7.56. The molecule has 0 aromatic carbocycles. The third kappa shape index (κ3) is 3.49. The number of amides is 1. The summed E-state index contributed by atoms with van der Waals surface area (Å²) in [6.07, 6.45) is 4.93. The van der Waals surface area contributed by atoms with E-state index >= 15 is 0 Å². The summed E-state index contributed by atoms with van der Waals surface area (Å²) in [4.78, 5) is 33.4. The van der Waals surface area contributed by atoms with E-state index in [1.807, 2.05) is 20.8 Å². The Labute approximate surface area is 150 Å². The predicted octanol–water partition coefficient (Wildman–Crippen LogP) is 2.08. The SMILES string of the molecule is Cc1nc2c(cnn2C(C)(C)C)c(=O)n1CCC(=O)Nc1ccncc1. The molecule has 8 nitrogen and oxygen atoms in total. The zero-order valence-corrected chi connectivity index (χ0v) is 15.4. The van der Waals surface area contributed by atoms with Gasteiger partial charge in [-0.25, -0.2) is 9.67 Å². The minimum atomic E-state index is -0.274. The van der Waals surface area contributed by atoms with E-state index in [0.29, 0.717) is 22.5 Å². The molecule has 1 amide bonds. The highest BCUT2D eigenvalue weighted by molar-refractivity contribution is 5.90. The molecule has 0 unspecified atom stereocenters. The molecule has 0 spiro atoms. The Kier molecular flexibility index (Phi) is 4.58. The van der Waals surface area contributed by atoms with Gasteiger partial charge in [-0.2, -0.15) is 5.10 Å². The fourth-order valence-electron chi connectivity index (χ4n) is 2.73. The number of aromatic nitrogens is 5. The monoisotopic (exact) mass is 354 g/mol. The number of pyridine rings is 1. The van der Waals surface area contributed by atoms with E-state index in [1.165, 1.54) is 4.57 Å². The van der Waals surface area contributed by atoms with Crippen LogP contribution in [0, 0.1) is 6.92 Å². The summed E-state index contributed by atoms with van der Waals surface area (Å²) in [5.41, 5.74) is 0.788. The van der Waals surface area contributed by atoms with Crippen molar-refractivity contribution in [2.45, 2.75) is 46.2 Å². The van der Waals surface area contributed by atoms with Crippen molar-refractivity contribution >= 4 is 22.6 Å². The Morgan fingerprint density at radius 3 is 2.58 bits per heavy atom. The van der Waals surface area contributed by atoms with Gasteiger partial charge >= 0.3 is 0 Å². The molecule has 3 heterocycles. The highest BCUT2D eigenvalue weighted by Gasteiger charge is 2.21. The van der Waals surface area contributed by atoms with Crippen molar-refractivity contribution in [2.75, 3.05) is 5.32 Å². The van der Waals surface area contributed by atoms with E-state index in [1.54, 1.807) is 42.3 Å². The fourth-order valence-corrected chi connectivity index (χ4v) is 2.73. The molecule has 1 N–H and O–H groups in total. The van der Waals surface area contributed by atoms with Crippen molar-refractivity contribution in [3.05, 3.63) is 46.9 Å². The van der Waals surface area contributed by atoms with Crippen molar-refractivity contribution in [1.29, 1.82) is 0 Å². The molecule has 0 fully saturated rings. The van der Waals surface area contributed by atoms with E-state index < -0.39 is 0 Å². The number of rotatable bonds is 4. The summed E-state index contributed by atoms with van der Waals surface area (Å²) in [6, 6.07) is 3.42. The fraction of sp³-hybridized carbons (Fsp3) is 0.389. The van der Waals surface area contributed by atoms with Crippen molar-refractivity contribution in [1.82, 2.24) is 24.3 Å². The first-order valence-electron chi connectivity index (χ1n) is 8.43. The van der Waals surface area contributed by atoms with Gasteiger partial charge in [-0.3, -0.25) is 19.1 Å². The third-order valence-corrected chi connectivity index (χ3v) is 4.04. The van der Waals surface area contributed by atoms with Crippen molar-refractivity contribution < 1.29 is 4.79 Å². The number of carbonyl (C=O) groups is 1. The van der Waals surface area contributed by atoms with Crippen molar-refractivity contribution in [3.8, 4) is 0 Å². The molecule has 136 valence electrons. The highest BCUT2D eigenvalue weighted by atomic mass is 16.2. The van der Waals surface area contributed by atoms with Crippen LogP contribution in [0.25, 0.3) is 11.0 Å². The van der Waals surface area contributed by atoms with Crippen LogP contribution >= 0.6 is 0 Å². The lowest BCUT2D eigenvalue weighted by atomic mass is 10.1. The molecule has 8 heteroatoms. The van der Waals surface area contributed by atoms with Gasteiger partial charge in [0.05, 0.1) is 11.7 Å². The van der Waals surface area contributed by atoms with Crippen LogP contribution in [0.15, 0.2) is 35.5 Å². The lowest BCUT2D eigenvalue weighted by Gasteiger charge is -2.20. The molecule has 0 bridgehead atoms. The maximum absolute atomic E-state index is 12.8. The molecule has 0 atom stereocenters. The van der Waals surface area contributed by atoms with Crippen LogP contribution in [0.1, 0.15) is 33.0 Å². The molecule has 3 aromatic rings. The van der Waals surface area contributed by atoms with Crippen LogP contribution in [0.4, 0.5) is 5.69 Å². The summed E-state index contributed by atoms with van der Waals surface area (Å²) in [5.74, 6) is 0.387. The van der Waals surface area contributed by atoms with Gasteiger partial charge in [0, 0.05) is 31.0 Å². The Hall–Kier alpha value is -3.03. The summed E-state index contributed by atoms with van der Waals surface area (Å²) in [6.45, 7) is 8.04. The largest absolute Gasteiger partial charge is 0.326 e. The molecule has 3 aromatic heterocycles. The molecule has 0 aliphatic carbocycles. The number of nitrogens with one attached hydrogen (secondary N) is 1. The lowest BCUT2D eigenvalue weighted by molar-refractivity contribution is -0.116. The van der Waals surface area contributed by atoms with Gasteiger partial charge in [0.15, 0.2) is 5.65 Å². The Bertz CT molecular complexity index is 998. The van der Waals surface area contributed by atoms with Crippen LogP contribution in [0.3, 0.4) is 0 Å². The van der Waals surface area contributed by atoms with Crippen molar-refractivity contribution in [2.24, 2.45) is 0 Å². The quantitative estimate of drug-likeness (QED) is 0.774. The second-order valence-electron chi connectivity index (χ2n) is 7.11. The van der Waals surface area contributed by atoms with E-state index in [0.717, 1.165) is 0 Å². The van der Waals surface area contributed by atoms with Gasteiger partial charge < -0.3 is 5.32 Å². The third-order valence-electron chi connectivity index (χ3n) is 4.04. The molecule has 26 heavy (non-hydrogen) atoms. The first-order valence-corrected chi connectivity index (χ1v) is 8.43. The molecule has 0 saturated heterocycles. The molecule has 0 aliphatic heterocycles. The van der Waals surface area contributed by atoms with Gasteiger partial charge in [0.25, 0.3) is 5.56 Å². The minimum absolute atomic E-state index is 0.170. The second kappa shape index (κ2) is 6.70. The number of hydrogen-bond acceptors (Lipinski definition) is 5.